The normalized spacial score (nSPS) is 20.0. The van der Waals surface area contributed by atoms with Gasteiger partial charge in [0.2, 0.25) is 5.13 Å². The first-order valence-corrected chi connectivity index (χ1v) is 9.10. The molecule has 1 saturated heterocycles. The van der Waals surface area contributed by atoms with Gasteiger partial charge in [0.25, 0.3) is 0 Å². The molecule has 0 saturated carbocycles. The number of hydrogen-bond acceptors (Lipinski definition) is 6. The fourth-order valence-electron chi connectivity index (χ4n) is 2.56. The summed E-state index contributed by atoms with van der Waals surface area (Å²) in [7, 11) is 0. The van der Waals surface area contributed by atoms with Crippen LogP contribution in [-0.2, 0) is 5.41 Å². The van der Waals surface area contributed by atoms with E-state index in [-0.39, 0.29) is 5.41 Å². The lowest BCUT2D eigenvalue weighted by Crippen LogP contribution is -2.34. The third kappa shape index (κ3) is 3.26. The monoisotopic (exact) mass is 322 g/mol. The van der Waals surface area contributed by atoms with Crippen molar-refractivity contribution in [1.29, 1.82) is 0 Å². The molecule has 0 spiro atoms. The fraction of sp³-hybridized carbons (Fsp3) is 0.667. The van der Waals surface area contributed by atoms with Gasteiger partial charge < -0.3 is 4.90 Å². The number of hydrogen-bond donors (Lipinski definition) is 0. The first-order valence-electron chi connectivity index (χ1n) is 7.44. The summed E-state index contributed by atoms with van der Waals surface area (Å²) in [5, 5.41) is 4.49. The highest BCUT2D eigenvalue weighted by molar-refractivity contribution is 7.10. The Balaban J connectivity index is 1.75. The van der Waals surface area contributed by atoms with Crippen molar-refractivity contribution in [2.45, 2.75) is 51.9 Å². The molecule has 6 heteroatoms. The van der Waals surface area contributed by atoms with Crippen molar-refractivity contribution in [3.8, 4) is 0 Å². The van der Waals surface area contributed by atoms with Gasteiger partial charge in [-0.3, -0.25) is 0 Å². The van der Waals surface area contributed by atoms with E-state index < -0.39 is 0 Å². The zero-order chi connectivity index (χ0) is 15.0. The van der Waals surface area contributed by atoms with Crippen molar-refractivity contribution in [3.05, 3.63) is 21.9 Å². The first-order chi connectivity index (χ1) is 9.93. The molecule has 0 radical (unpaired) electrons. The fourth-order valence-corrected chi connectivity index (χ4v) is 4.38. The summed E-state index contributed by atoms with van der Waals surface area (Å²) in [6.07, 6.45) is 2.43. The van der Waals surface area contributed by atoms with Crippen molar-refractivity contribution in [2.24, 2.45) is 0 Å². The molecule has 0 amide bonds. The minimum absolute atomic E-state index is 0.0242. The number of nitrogens with zero attached hydrogens (tertiary/aromatic N) is 4. The summed E-state index contributed by atoms with van der Waals surface area (Å²) < 4.78 is 4.54. The van der Waals surface area contributed by atoms with E-state index in [2.05, 4.69) is 47.3 Å². The Morgan fingerprint density at radius 1 is 1.29 bits per heavy atom. The largest absolute Gasteiger partial charge is 0.346 e. The Morgan fingerprint density at radius 3 is 2.71 bits per heavy atom. The van der Waals surface area contributed by atoms with E-state index in [0.29, 0.717) is 5.92 Å². The number of thiazole rings is 1. The summed E-state index contributed by atoms with van der Waals surface area (Å²) in [5.74, 6) is 1.49. The molecule has 1 unspecified atom stereocenters. The van der Waals surface area contributed by atoms with Gasteiger partial charge in [0.05, 0.1) is 5.01 Å². The van der Waals surface area contributed by atoms with Crippen LogP contribution in [0.15, 0.2) is 5.38 Å². The molecular formula is C15H22N4S2. The molecule has 0 aromatic carbocycles. The van der Waals surface area contributed by atoms with E-state index in [1.54, 1.807) is 11.3 Å². The summed E-state index contributed by atoms with van der Waals surface area (Å²) in [4.78, 5) is 11.8. The van der Waals surface area contributed by atoms with Crippen molar-refractivity contribution < 1.29 is 0 Å². The molecule has 1 aliphatic heterocycles. The second-order valence-corrected chi connectivity index (χ2v) is 8.38. The zero-order valence-corrected chi connectivity index (χ0v) is 14.7. The van der Waals surface area contributed by atoms with Crippen molar-refractivity contribution in [1.82, 2.24) is 14.3 Å². The third-order valence-corrected chi connectivity index (χ3v) is 5.67. The van der Waals surface area contributed by atoms with Crippen LogP contribution in [0.25, 0.3) is 0 Å². The molecule has 4 nitrogen and oxygen atoms in total. The topological polar surface area (TPSA) is 41.9 Å². The molecule has 0 aliphatic carbocycles. The van der Waals surface area contributed by atoms with Crippen molar-refractivity contribution in [2.75, 3.05) is 18.0 Å². The molecule has 21 heavy (non-hydrogen) atoms. The number of anilines is 1. The average molecular weight is 323 g/mol. The summed E-state index contributed by atoms with van der Waals surface area (Å²) in [6.45, 7) is 10.7. The summed E-state index contributed by atoms with van der Waals surface area (Å²) in [5.41, 5.74) is 1.16. The summed E-state index contributed by atoms with van der Waals surface area (Å²) in [6, 6.07) is 0. The van der Waals surface area contributed by atoms with Crippen LogP contribution in [0, 0.1) is 6.92 Å². The number of piperidine rings is 1. The van der Waals surface area contributed by atoms with Gasteiger partial charge >= 0.3 is 0 Å². The molecule has 1 atom stereocenters. The van der Waals surface area contributed by atoms with Gasteiger partial charge in [-0.15, -0.1) is 11.3 Å². The highest BCUT2D eigenvalue weighted by Gasteiger charge is 2.27. The Bertz CT molecular complexity index is 611. The quantitative estimate of drug-likeness (QED) is 0.838. The van der Waals surface area contributed by atoms with E-state index >= 15 is 0 Å². The molecule has 3 rings (SSSR count). The van der Waals surface area contributed by atoms with Crippen LogP contribution in [0.3, 0.4) is 0 Å². The van der Waals surface area contributed by atoms with E-state index in [9.17, 15) is 0 Å². The molecule has 2 aromatic heterocycles. The van der Waals surface area contributed by atoms with E-state index in [4.69, 9.17) is 4.98 Å². The molecule has 2 aromatic rings. The summed E-state index contributed by atoms with van der Waals surface area (Å²) >= 11 is 3.33. The molecule has 0 bridgehead atoms. The molecule has 1 aliphatic rings. The standard InChI is InChI=1S/C15H22N4S2/c1-10-9-20-12(16-10)11-6-5-7-19(8-11)14-17-13(18-21-14)15(2,3)4/h9,11H,5-8H2,1-4H3. The van der Waals surface area contributed by atoms with E-state index in [1.165, 1.54) is 29.4 Å². The lowest BCUT2D eigenvalue weighted by molar-refractivity contribution is 0.504. The smallest absolute Gasteiger partial charge is 0.205 e. The molecule has 114 valence electrons. The Labute approximate surface area is 134 Å². The second kappa shape index (κ2) is 5.65. The molecular weight excluding hydrogens is 300 g/mol. The van der Waals surface area contributed by atoms with Crippen molar-refractivity contribution >= 4 is 28.0 Å². The molecule has 1 fully saturated rings. The maximum atomic E-state index is 4.75. The van der Waals surface area contributed by atoms with Gasteiger partial charge in [-0.2, -0.15) is 4.37 Å². The van der Waals surface area contributed by atoms with Crippen LogP contribution in [0.2, 0.25) is 0 Å². The van der Waals surface area contributed by atoms with Crippen LogP contribution in [-0.4, -0.2) is 27.4 Å². The first kappa shape index (κ1) is 14.9. The average Bonchev–Trinajstić information content (AvgIpc) is 3.07. The van der Waals surface area contributed by atoms with Gasteiger partial charge in [-0.25, -0.2) is 9.97 Å². The number of rotatable bonds is 2. The van der Waals surface area contributed by atoms with Crippen LogP contribution in [0.4, 0.5) is 5.13 Å². The van der Waals surface area contributed by atoms with Gasteiger partial charge in [-0.1, -0.05) is 20.8 Å². The van der Waals surface area contributed by atoms with Crippen LogP contribution >= 0.6 is 22.9 Å². The van der Waals surface area contributed by atoms with Gasteiger partial charge in [-0.05, 0) is 19.8 Å². The lowest BCUT2D eigenvalue weighted by Gasteiger charge is -2.31. The third-order valence-electron chi connectivity index (χ3n) is 3.76. The predicted molar refractivity (Wildman–Crippen MR) is 89.6 cm³/mol. The molecule has 0 N–H and O–H groups in total. The van der Waals surface area contributed by atoms with E-state index in [1.807, 2.05) is 0 Å². The minimum Gasteiger partial charge on any atom is -0.346 e. The molecule has 3 heterocycles. The Hall–Kier alpha value is -1.01. The maximum Gasteiger partial charge on any atom is 0.205 e. The second-order valence-electron chi connectivity index (χ2n) is 6.76. The minimum atomic E-state index is 0.0242. The zero-order valence-electron chi connectivity index (χ0n) is 13.1. The van der Waals surface area contributed by atoms with Gasteiger partial charge in [0.15, 0.2) is 0 Å². The van der Waals surface area contributed by atoms with Gasteiger partial charge in [0.1, 0.15) is 5.82 Å². The highest BCUT2D eigenvalue weighted by atomic mass is 32.1. The predicted octanol–water partition coefficient (Wildman–Crippen LogP) is 3.98. The maximum absolute atomic E-state index is 4.75. The van der Waals surface area contributed by atoms with Crippen molar-refractivity contribution in [3.63, 3.8) is 0 Å². The highest BCUT2D eigenvalue weighted by Crippen LogP contribution is 2.33. The van der Waals surface area contributed by atoms with Gasteiger partial charge in [0, 0.05) is 47.0 Å². The Morgan fingerprint density at radius 2 is 2.10 bits per heavy atom. The van der Waals surface area contributed by atoms with E-state index in [0.717, 1.165) is 29.7 Å². The van der Waals surface area contributed by atoms with Crippen LogP contribution in [0.5, 0.6) is 0 Å². The number of aromatic nitrogens is 3. The lowest BCUT2D eigenvalue weighted by atomic mass is 9.96. The van der Waals surface area contributed by atoms with Crippen LogP contribution < -0.4 is 4.90 Å². The SMILES string of the molecule is Cc1csc(C2CCCN(c3nc(C(C)(C)C)ns3)C2)n1. The van der Waals surface area contributed by atoms with Crippen LogP contribution in [0.1, 0.15) is 56.1 Å². The number of aryl methyl sites for hydroxylation is 1. The Kier molecular flexibility index (Phi) is 4.01.